The van der Waals surface area contributed by atoms with Gasteiger partial charge in [0, 0.05) is 18.1 Å². The molecule has 0 saturated carbocycles. The quantitative estimate of drug-likeness (QED) is 0.665. The molecule has 28 heavy (non-hydrogen) atoms. The van der Waals surface area contributed by atoms with Crippen LogP contribution in [0.25, 0.3) is 0 Å². The van der Waals surface area contributed by atoms with Gasteiger partial charge < -0.3 is 15.4 Å². The average molecular weight is 375 g/mol. The minimum absolute atomic E-state index is 0.301. The van der Waals surface area contributed by atoms with Crippen LogP contribution in [0.15, 0.2) is 79.0 Å². The van der Waals surface area contributed by atoms with E-state index in [-0.39, 0.29) is 11.8 Å². The molecule has 2 aromatic carbocycles. The molecule has 0 saturated heterocycles. The van der Waals surface area contributed by atoms with E-state index in [0.29, 0.717) is 23.6 Å². The van der Waals surface area contributed by atoms with Gasteiger partial charge in [-0.1, -0.05) is 48.5 Å². The van der Waals surface area contributed by atoms with E-state index in [1.165, 1.54) is 13.3 Å². The van der Waals surface area contributed by atoms with Gasteiger partial charge in [0.05, 0.1) is 19.0 Å². The van der Waals surface area contributed by atoms with Gasteiger partial charge in [0.2, 0.25) is 11.8 Å². The summed E-state index contributed by atoms with van der Waals surface area (Å²) in [5.41, 5.74) is 1.97. The lowest BCUT2D eigenvalue weighted by molar-refractivity contribution is -0.118. The monoisotopic (exact) mass is 375 g/mol. The maximum Gasteiger partial charge on any atom is 0.251 e. The first-order chi connectivity index (χ1) is 13.7. The van der Waals surface area contributed by atoms with Crippen LogP contribution in [0.5, 0.6) is 5.88 Å². The van der Waals surface area contributed by atoms with E-state index in [1.54, 1.807) is 36.4 Å². The van der Waals surface area contributed by atoms with Crippen molar-refractivity contribution >= 4 is 17.5 Å². The second-order valence-corrected chi connectivity index (χ2v) is 6.16. The Morgan fingerprint density at radius 2 is 1.64 bits per heavy atom. The molecule has 0 unspecified atom stereocenters. The largest absolute Gasteiger partial charge is 0.481 e. The van der Waals surface area contributed by atoms with E-state index < -0.39 is 6.04 Å². The Hall–Kier alpha value is -3.67. The summed E-state index contributed by atoms with van der Waals surface area (Å²) in [4.78, 5) is 29.5. The Bertz CT molecular complexity index is 913. The number of carbonyl (C=O) groups is 2. The summed E-state index contributed by atoms with van der Waals surface area (Å²) >= 11 is 0. The maximum absolute atomic E-state index is 12.9. The molecule has 6 heteroatoms. The van der Waals surface area contributed by atoms with Crippen LogP contribution >= 0.6 is 0 Å². The number of nitrogens with one attached hydrogen (secondary N) is 2. The lowest BCUT2D eigenvalue weighted by Crippen LogP contribution is -2.45. The molecule has 2 amide bonds. The Kier molecular flexibility index (Phi) is 6.36. The van der Waals surface area contributed by atoms with Crippen molar-refractivity contribution in [3.63, 3.8) is 0 Å². The number of pyridine rings is 1. The SMILES string of the molecule is COc1ccc(NC(=O)[C@@H](Cc2ccccc2)NC(=O)c2ccccc2)cn1. The maximum atomic E-state index is 12.9. The molecule has 0 radical (unpaired) electrons. The van der Waals surface area contributed by atoms with E-state index in [4.69, 9.17) is 4.74 Å². The van der Waals surface area contributed by atoms with Crippen molar-refractivity contribution < 1.29 is 14.3 Å². The van der Waals surface area contributed by atoms with Crippen LogP contribution in [-0.4, -0.2) is 29.9 Å². The molecule has 3 rings (SSSR count). The van der Waals surface area contributed by atoms with Crippen LogP contribution in [0.2, 0.25) is 0 Å². The number of aromatic nitrogens is 1. The van der Waals surface area contributed by atoms with Gasteiger partial charge >= 0.3 is 0 Å². The summed E-state index contributed by atoms with van der Waals surface area (Å²) < 4.78 is 5.02. The Balaban J connectivity index is 1.76. The number of amides is 2. The molecule has 2 N–H and O–H groups in total. The first kappa shape index (κ1) is 19.1. The molecule has 0 aliphatic heterocycles. The van der Waals surface area contributed by atoms with Gasteiger partial charge in [-0.3, -0.25) is 9.59 Å². The topological polar surface area (TPSA) is 80.3 Å². The van der Waals surface area contributed by atoms with Gasteiger partial charge in [-0.15, -0.1) is 0 Å². The van der Waals surface area contributed by atoms with Crippen molar-refractivity contribution in [2.75, 3.05) is 12.4 Å². The van der Waals surface area contributed by atoms with E-state index in [0.717, 1.165) is 5.56 Å². The normalized spacial score (nSPS) is 11.3. The van der Waals surface area contributed by atoms with Gasteiger partial charge in [-0.25, -0.2) is 4.98 Å². The summed E-state index contributed by atoms with van der Waals surface area (Å²) in [6.45, 7) is 0. The summed E-state index contributed by atoms with van der Waals surface area (Å²) in [5, 5.41) is 5.63. The van der Waals surface area contributed by atoms with Gasteiger partial charge in [0.1, 0.15) is 6.04 Å². The first-order valence-electron chi connectivity index (χ1n) is 8.86. The lowest BCUT2D eigenvalue weighted by Gasteiger charge is -2.19. The van der Waals surface area contributed by atoms with Crippen LogP contribution < -0.4 is 15.4 Å². The minimum atomic E-state index is -0.739. The fourth-order valence-corrected chi connectivity index (χ4v) is 2.69. The molecule has 1 atom stereocenters. The number of ether oxygens (including phenoxy) is 1. The van der Waals surface area contributed by atoms with Crippen molar-refractivity contribution in [3.05, 3.63) is 90.1 Å². The van der Waals surface area contributed by atoms with Gasteiger partial charge in [-0.05, 0) is 23.8 Å². The van der Waals surface area contributed by atoms with Gasteiger partial charge in [-0.2, -0.15) is 0 Å². The molecular weight excluding hydrogens is 354 g/mol. The molecule has 0 aliphatic rings. The summed E-state index contributed by atoms with van der Waals surface area (Å²) in [7, 11) is 1.52. The smallest absolute Gasteiger partial charge is 0.251 e. The van der Waals surface area contributed by atoms with Crippen LogP contribution in [-0.2, 0) is 11.2 Å². The van der Waals surface area contributed by atoms with Crippen LogP contribution in [0, 0.1) is 0 Å². The number of rotatable bonds is 7. The molecule has 0 fully saturated rings. The van der Waals surface area contributed by atoms with E-state index in [1.807, 2.05) is 36.4 Å². The van der Waals surface area contributed by atoms with Crippen molar-refractivity contribution in [3.8, 4) is 5.88 Å². The zero-order chi connectivity index (χ0) is 19.8. The minimum Gasteiger partial charge on any atom is -0.481 e. The molecular formula is C22H21N3O3. The number of benzene rings is 2. The predicted octanol–water partition coefficient (Wildman–Crippen LogP) is 3.07. The van der Waals surface area contributed by atoms with E-state index >= 15 is 0 Å². The third kappa shape index (κ3) is 5.17. The fraction of sp³-hybridized carbons (Fsp3) is 0.136. The van der Waals surface area contributed by atoms with Crippen LogP contribution in [0.3, 0.4) is 0 Å². The standard InChI is InChI=1S/C22H21N3O3/c1-28-20-13-12-18(15-23-20)24-22(27)19(14-16-8-4-2-5-9-16)25-21(26)17-10-6-3-7-11-17/h2-13,15,19H,14H2,1H3,(H,24,27)(H,25,26)/t19-/m1/s1. The van der Waals surface area contributed by atoms with Crippen molar-refractivity contribution in [2.24, 2.45) is 0 Å². The lowest BCUT2D eigenvalue weighted by atomic mass is 10.0. The molecule has 0 spiro atoms. The highest BCUT2D eigenvalue weighted by Crippen LogP contribution is 2.13. The highest BCUT2D eigenvalue weighted by molar-refractivity contribution is 6.01. The van der Waals surface area contributed by atoms with Gasteiger partial charge in [0.25, 0.3) is 5.91 Å². The summed E-state index contributed by atoms with van der Waals surface area (Å²) in [6.07, 6.45) is 1.88. The number of hydrogen-bond donors (Lipinski definition) is 2. The van der Waals surface area contributed by atoms with Crippen molar-refractivity contribution in [2.45, 2.75) is 12.5 Å². The zero-order valence-electron chi connectivity index (χ0n) is 15.5. The molecule has 1 heterocycles. The van der Waals surface area contributed by atoms with Crippen molar-refractivity contribution in [1.29, 1.82) is 0 Å². The zero-order valence-corrected chi connectivity index (χ0v) is 15.5. The molecule has 3 aromatic rings. The fourth-order valence-electron chi connectivity index (χ4n) is 2.69. The van der Waals surface area contributed by atoms with E-state index in [2.05, 4.69) is 15.6 Å². The second-order valence-electron chi connectivity index (χ2n) is 6.16. The third-order valence-electron chi connectivity index (χ3n) is 4.15. The number of anilines is 1. The highest BCUT2D eigenvalue weighted by atomic mass is 16.5. The van der Waals surface area contributed by atoms with Crippen LogP contribution in [0.1, 0.15) is 15.9 Å². The second kappa shape index (κ2) is 9.32. The molecule has 142 valence electrons. The van der Waals surface area contributed by atoms with Crippen molar-refractivity contribution in [1.82, 2.24) is 10.3 Å². The molecule has 1 aromatic heterocycles. The molecule has 6 nitrogen and oxygen atoms in total. The first-order valence-corrected chi connectivity index (χ1v) is 8.86. The third-order valence-corrected chi connectivity index (χ3v) is 4.15. The van der Waals surface area contributed by atoms with E-state index in [9.17, 15) is 9.59 Å². The van der Waals surface area contributed by atoms with Gasteiger partial charge in [0.15, 0.2) is 0 Å². The Morgan fingerprint density at radius 3 is 2.25 bits per heavy atom. The number of methoxy groups -OCH3 is 1. The predicted molar refractivity (Wildman–Crippen MR) is 107 cm³/mol. The Morgan fingerprint density at radius 1 is 0.964 bits per heavy atom. The number of nitrogens with zero attached hydrogens (tertiary/aromatic N) is 1. The Labute approximate surface area is 163 Å². The summed E-state index contributed by atoms with van der Waals surface area (Å²) in [6, 6.07) is 21.0. The molecule has 0 aliphatic carbocycles. The van der Waals surface area contributed by atoms with Crippen LogP contribution in [0.4, 0.5) is 5.69 Å². The number of hydrogen-bond acceptors (Lipinski definition) is 4. The highest BCUT2D eigenvalue weighted by Gasteiger charge is 2.22. The number of carbonyl (C=O) groups excluding carboxylic acids is 2. The average Bonchev–Trinajstić information content (AvgIpc) is 2.75. The molecule has 0 bridgehead atoms. The summed E-state index contributed by atoms with van der Waals surface area (Å²) in [5.74, 6) is -0.166.